The second-order valence-electron chi connectivity index (χ2n) is 4.96. The minimum absolute atomic E-state index is 0.0546. The second kappa shape index (κ2) is 5.85. The van der Waals surface area contributed by atoms with Crippen molar-refractivity contribution in [3.8, 4) is 12.3 Å². The van der Waals surface area contributed by atoms with Gasteiger partial charge in [0, 0.05) is 11.1 Å². The van der Waals surface area contributed by atoms with E-state index in [9.17, 15) is 9.59 Å². The van der Waals surface area contributed by atoms with Gasteiger partial charge < -0.3 is 10.1 Å². The molecule has 0 spiro atoms. The Morgan fingerprint density at radius 1 is 1.63 bits per heavy atom. The summed E-state index contributed by atoms with van der Waals surface area (Å²) in [6.07, 6.45) is 7.56. The van der Waals surface area contributed by atoms with E-state index in [0.717, 1.165) is 4.90 Å². The Morgan fingerprint density at radius 3 is 2.74 bits per heavy atom. The molecule has 0 saturated heterocycles. The van der Waals surface area contributed by atoms with Crippen LogP contribution in [0.4, 0.5) is 4.79 Å². The molecular weight excluding hydrogens is 264 g/mol. The normalized spacial score (nSPS) is 18.5. The van der Waals surface area contributed by atoms with Gasteiger partial charge in [0.05, 0.1) is 6.54 Å². The van der Waals surface area contributed by atoms with E-state index in [-0.39, 0.29) is 6.54 Å². The molecule has 6 heteroatoms. The lowest BCUT2D eigenvalue weighted by Gasteiger charge is -2.32. The van der Waals surface area contributed by atoms with Crippen LogP contribution in [0.2, 0.25) is 0 Å². The molecule has 0 aromatic carbocycles. The summed E-state index contributed by atoms with van der Waals surface area (Å²) < 4.78 is 5.23. The first-order valence-corrected chi connectivity index (χ1v) is 6.11. The van der Waals surface area contributed by atoms with Crippen molar-refractivity contribution in [1.82, 2.24) is 10.2 Å². The van der Waals surface area contributed by atoms with Crippen molar-refractivity contribution in [3.63, 3.8) is 0 Å². The third-order valence-corrected chi connectivity index (χ3v) is 2.55. The molecular formula is C13H16N2O3S. The van der Waals surface area contributed by atoms with Crippen molar-refractivity contribution in [1.29, 1.82) is 0 Å². The lowest BCUT2D eigenvalue weighted by atomic mass is 10.1. The first kappa shape index (κ1) is 15.2. The van der Waals surface area contributed by atoms with Crippen LogP contribution in [-0.2, 0) is 9.53 Å². The van der Waals surface area contributed by atoms with Crippen LogP contribution in [-0.4, -0.2) is 40.0 Å². The summed E-state index contributed by atoms with van der Waals surface area (Å²) in [6.45, 7) is 5.15. The van der Waals surface area contributed by atoms with Gasteiger partial charge in [0.25, 0.3) is 5.91 Å². The molecule has 5 nitrogen and oxygen atoms in total. The highest BCUT2D eigenvalue weighted by Crippen LogP contribution is 2.14. The zero-order chi connectivity index (χ0) is 14.6. The third kappa shape index (κ3) is 4.07. The van der Waals surface area contributed by atoms with Crippen molar-refractivity contribution < 1.29 is 14.3 Å². The van der Waals surface area contributed by atoms with Crippen molar-refractivity contribution >= 4 is 29.1 Å². The molecule has 2 amide bonds. The van der Waals surface area contributed by atoms with Gasteiger partial charge in [-0.05, 0) is 26.8 Å². The molecule has 1 rings (SSSR count). The van der Waals surface area contributed by atoms with Gasteiger partial charge in [0.2, 0.25) is 0 Å². The molecule has 1 heterocycles. The van der Waals surface area contributed by atoms with E-state index in [1.165, 1.54) is 6.20 Å². The second-order valence-corrected chi connectivity index (χ2v) is 5.43. The summed E-state index contributed by atoms with van der Waals surface area (Å²) in [7, 11) is 0. The maximum atomic E-state index is 12.1. The molecule has 0 aromatic heterocycles. The molecule has 0 aliphatic carbocycles. The fourth-order valence-electron chi connectivity index (χ4n) is 1.48. The molecule has 0 radical (unpaired) electrons. The van der Waals surface area contributed by atoms with E-state index < -0.39 is 23.6 Å². The van der Waals surface area contributed by atoms with Crippen LogP contribution in [0.25, 0.3) is 0 Å². The molecule has 0 aromatic rings. The van der Waals surface area contributed by atoms with Crippen molar-refractivity contribution in [2.45, 2.75) is 32.4 Å². The summed E-state index contributed by atoms with van der Waals surface area (Å²) in [5, 5.41) is 2.49. The predicted octanol–water partition coefficient (Wildman–Crippen LogP) is 1.24. The van der Waals surface area contributed by atoms with Gasteiger partial charge in [-0.3, -0.25) is 9.69 Å². The highest BCUT2D eigenvalue weighted by molar-refractivity contribution is 7.81. The number of nitrogens with zero attached hydrogens (tertiary/aromatic N) is 1. The molecule has 0 bridgehead atoms. The number of nitrogens with one attached hydrogen (secondary N) is 1. The fraction of sp³-hybridized carbons (Fsp3) is 0.462. The minimum atomic E-state index is -0.911. The molecule has 0 saturated carbocycles. The van der Waals surface area contributed by atoms with E-state index in [2.05, 4.69) is 11.2 Å². The summed E-state index contributed by atoms with van der Waals surface area (Å²) >= 11 is 5.09. The number of hydrogen-bond donors (Lipinski definition) is 1. The van der Waals surface area contributed by atoms with Gasteiger partial charge in [-0.15, -0.1) is 6.42 Å². The summed E-state index contributed by atoms with van der Waals surface area (Å²) in [6, 6.07) is -0.911. The van der Waals surface area contributed by atoms with Crippen LogP contribution in [0.5, 0.6) is 0 Å². The Labute approximate surface area is 118 Å². The van der Waals surface area contributed by atoms with E-state index in [4.69, 9.17) is 23.4 Å². The Bertz CT molecular complexity index is 471. The molecule has 1 aliphatic heterocycles. The molecule has 19 heavy (non-hydrogen) atoms. The topological polar surface area (TPSA) is 58.6 Å². The number of amides is 2. The van der Waals surface area contributed by atoms with Gasteiger partial charge in [-0.25, -0.2) is 4.79 Å². The fourth-order valence-corrected chi connectivity index (χ4v) is 1.78. The van der Waals surface area contributed by atoms with Crippen molar-refractivity contribution in [3.05, 3.63) is 12.3 Å². The zero-order valence-electron chi connectivity index (χ0n) is 11.1. The number of carbonyl (C=O) groups excluding carboxylic acids is 2. The number of hydrogen-bond acceptors (Lipinski definition) is 4. The minimum Gasteiger partial charge on any atom is -0.444 e. The maximum Gasteiger partial charge on any atom is 0.412 e. The van der Waals surface area contributed by atoms with Gasteiger partial charge >= 0.3 is 6.09 Å². The van der Waals surface area contributed by atoms with Crippen molar-refractivity contribution in [2.24, 2.45) is 0 Å². The predicted molar refractivity (Wildman–Crippen MR) is 75.4 cm³/mol. The zero-order valence-corrected chi connectivity index (χ0v) is 11.9. The van der Waals surface area contributed by atoms with Crippen LogP contribution >= 0.6 is 12.2 Å². The maximum absolute atomic E-state index is 12.1. The number of ether oxygens (including phenoxy) is 1. The Balaban J connectivity index is 2.97. The van der Waals surface area contributed by atoms with Crippen LogP contribution in [0, 0.1) is 12.3 Å². The van der Waals surface area contributed by atoms with E-state index in [1.54, 1.807) is 26.8 Å². The van der Waals surface area contributed by atoms with Crippen LogP contribution in [0.15, 0.2) is 12.3 Å². The summed E-state index contributed by atoms with van der Waals surface area (Å²) in [4.78, 5) is 25.4. The number of terminal acetylenes is 1. The number of carbonyl (C=O) groups is 2. The van der Waals surface area contributed by atoms with Crippen LogP contribution in [0.3, 0.4) is 0 Å². The Morgan fingerprint density at radius 2 is 2.26 bits per heavy atom. The molecule has 102 valence electrons. The Kier molecular flexibility index (Phi) is 4.67. The van der Waals surface area contributed by atoms with Crippen LogP contribution < -0.4 is 5.32 Å². The van der Waals surface area contributed by atoms with Gasteiger partial charge in [0.1, 0.15) is 5.60 Å². The highest BCUT2D eigenvalue weighted by Gasteiger charge is 2.35. The average molecular weight is 280 g/mol. The summed E-state index contributed by atoms with van der Waals surface area (Å²) in [5.41, 5.74) is -0.674. The first-order valence-electron chi connectivity index (χ1n) is 5.70. The van der Waals surface area contributed by atoms with E-state index >= 15 is 0 Å². The smallest absolute Gasteiger partial charge is 0.412 e. The Hall–Kier alpha value is -1.87. The summed E-state index contributed by atoms with van der Waals surface area (Å²) in [5.74, 6) is 1.94. The van der Waals surface area contributed by atoms with E-state index in [0.29, 0.717) is 4.86 Å². The van der Waals surface area contributed by atoms with E-state index in [1.807, 2.05) is 0 Å². The van der Waals surface area contributed by atoms with Gasteiger partial charge in [-0.1, -0.05) is 18.1 Å². The molecule has 0 fully saturated rings. The lowest BCUT2D eigenvalue weighted by Crippen LogP contribution is -2.55. The standard InChI is InChI=1S/C13H16N2O3S/c1-5-8-15(12(17)18-13(2,3)4)10-9(19)6-7-14-11(10)16/h1,6-7,10H,8H2,2-4H3,(H,14,16). The number of rotatable bonds is 2. The van der Waals surface area contributed by atoms with Gasteiger partial charge in [0.15, 0.2) is 6.04 Å². The number of thiocarbonyl (C=S) groups is 1. The average Bonchev–Trinajstić information content (AvgIpc) is 2.25. The molecule has 1 N–H and O–H groups in total. The quantitative estimate of drug-likeness (QED) is 0.611. The first-order chi connectivity index (χ1) is 8.76. The SMILES string of the molecule is C#CCN(C(=O)OC(C)(C)C)C1C(=O)NC=CC1=S. The monoisotopic (exact) mass is 280 g/mol. The molecule has 1 aliphatic rings. The molecule has 1 atom stereocenters. The third-order valence-electron chi connectivity index (χ3n) is 2.19. The van der Waals surface area contributed by atoms with Crippen LogP contribution in [0.1, 0.15) is 20.8 Å². The van der Waals surface area contributed by atoms with Crippen molar-refractivity contribution in [2.75, 3.05) is 6.54 Å². The largest absolute Gasteiger partial charge is 0.444 e. The molecule has 1 unspecified atom stereocenters. The van der Waals surface area contributed by atoms with Gasteiger partial charge in [-0.2, -0.15) is 0 Å². The lowest BCUT2D eigenvalue weighted by molar-refractivity contribution is -0.123. The highest BCUT2D eigenvalue weighted by atomic mass is 32.1.